The van der Waals surface area contributed by atoms with Crippen LogP contribution in [-0.2, 0) is 6.54 Å². The minimum absolute atomic E-state index is 0.546. The molecule has 3 aromatic heterocycles. The van der Waals surface area contributed by atoms with Crippen molar-refractivity contribution in [3.63, 3.8) is 0 Å². The number of anilines is 2. The average molecular weight is 456 g/mol. The Morgan fingerprint density at radius 3 is 2.38 bits per heavy atom. The molecule has 5 aromatic rings. The van der Waals surface area contributed by atoms with Crippen LogP contribution in [-0.4, -0.2) is 41.1 Å². The lowest BCUT2D eigenvalue weighted by atomic mass is 10.1. The summed E-state index contributed by atoms with van der Waals surface area (Å²) in [6.07, 6.45) is 7.68. The second-order valence-corrected chi connectivity index (χ2v) is 7.77. The van der Waals surface area contributed by atoms with Crippen LogP contribution in [0.1, 0.15) is 5.56 Å². The lowest BCUT2D eigenvalue weighted by Crippen LogP contribution is -1.99. The number of hydrogen-bond donors (Lipinski definition) is 2. The molecule has 0 fully saturated rings. The summed E-state index contributed by atoms with van der Waals surface area (Å²) in [5.41, 5.74) is 5.70. The summed E-state index contributed by atoms with van der Waals surface area (Å²) >= 11 is 0. The monoisotopic (exact) mass is 455 g/mol. The number of ether oxygens (including phenoxy) is 3. The van der Waals surface area contributed by atoms with E-state index >= 15 is 0 Å². The van der Waals surface area contributed by atoms with Gasteiger partial charge in [0.1, 0.15) is 5.65 Å². The summed E-state index contributed by atoms with van der Waals surface area (Å²) < 4.78 is 18.3. The van der Waals surface area contributed by atoms with Gasteiger partial charge in [0.15, 0.2) is 11.5 Å². The van der Waals surface area contributed by atoms with Crippen molar-refractivity contribution in [1.82, 2.24) is 19.7 Å². The number of fused-ring (bicyclic) bond motifs is 1. The van der Waals surface area contributed by atoms with Crippen molar-refractivity contribution in [3.05, 3.63) is 78.9 Å². The van der Waals surface area contributed by atoms with E-state index in [1.54, 1.807) is 27.5 Å². The Labute approximate surface area is 197 Å². The number of methoxy groups -OCH3 is 3. The molecule has 0 saturated heterocycles. The predicted octanol–water partition coefficient (Wildman–Crippen LogP) is 5.24. The number of benzene rings is 2. The molecular formula is C26H25N5O3. The summed E-state index contributed by atoms with van der Waals surface area (Å²) in [6.45, 7) is 0.718. The number of aromatic nitrogens is 4. The molecule has 0 aliphatic rings. The Morgan fingerprint density at radius 1 is 0.912 bits per heavy atom. The van der Waals surface area contributed by atoms with Crippen LogP contribution in [0.2, 0.25) is 0 Å². The largest absolute Gasteiger partial charge is 0.493 e. The van der Waals surface area contributed by atoms with E-state index in [1.165, 1.54) is 5.56 Å². The molecule has 5 rings (SSSR count). The van der Waals surface area contributed by atoms with Crippen LogP contribution in [0.5, 0.6) is 17.2 Å². The fourth-order valence-electron chi connectivity index (χ4n) is 3.99. The highest BCUT2D eigenvalue weighted by molar-refractivity contribution is 5.95. The van der Waals surface area contributed by atoms with Crippen molar-refractivity contribution in [2.24, 2.45) is 0 Å². The molecule has 0 unspecified atom stereocenters. The first kappa shape index (κ1) is 21.4. The molecular weight excluding hydrogens is 430 g/mol. The molecule has 0 amide bonds. The first-order chi connectivity index (χ1) is 16.7. The van der Waals surface area contributed by atoms with Gasteiger partial charge in [-0.2, -0.15) is 5.10 Å². The van der Waals surface area contributed by atoms with Crippen LogP contribution in [0.4, 0.5) is 11.4 Å². The van der Waals surface area contributed by atoms with Crippen LogP contribution >= 0.6 is 0 Å². The number of hydrogen-bond acceptors (Lipinski definition) is 6. The SMILES string of the molecule is COc1cc(Nc2cnc3[nH]cc(-c4cnn(Cc5ccccc5)c4)c3c2)cc(OC)c1OC. The first-order valence-electron chi connectivity index (χ1n) is 10.8. The Kier molecular flexibility index (Phi) is 5.78. The van der Waals surface area contributed by atoms with Crippen molar-refractivity contribution in [2.75, 3.05) is 26.6 Å². The molecule has 0 aliphatic heterocycles. The van der Waals surface area contributed by atoms with Crippen molar-refractivity contribution >= 4 is 22.4 Å². The summed E-state index contributed by atoms with van der Waals surface area (Å²) in [5, 5.41) is 8.93. The van der Waals surface area contributed by atoms with E-state index in [9.17, 15) is 0 Å². The normalized spacial score (nSPS) is 10.9. The second kappa shape index (κ2) is 9.19. The number of nitrogens with zero attached hydrogens (tertiary/aromatic N) is 3. The molecule has 3 heterocycles. The van der Waals surface area contributed by atoms with Gasteiger partial charge in [-0.05, 0) is 11.6 Å². The first-order valence-corrected chi connectivity index (χ1v) is 10.8. The van der Waals surface area contributed by atoms with Crippen LogP contribution in [0.15, 0.2) is 73.3 Å². The molecule has 172 valence electrons. The van der Waals surface area contributed by atoms with Crippen molar-refractivity contribution in [2.45, 2.75) is 6.54 Å². The molecule has 2 aromatic carbocycles. The summed E-state index contributed by atoms with van der Waals surface area (Å²) in [5.74, 6) is 1.70. The van der Waals surface area contributed by atoms with Crippen molar-refractivity contribution in [1.29, 1.82) is 0 Å². The second-order valence-electron chi connectivity index (χ2n) is 7.77. The Hall–Kier alpha value is -4.46. The third-order valence-electron chi connectivity index (χ3n) is 5.62. The Bertz CT molecular complexity index is 1400. The van der Waals surface area contributed by atoms with Crippen LogP contribution in [0, 0.1) is 0 Å². The molecule has 8 heteroatoms. The zero-order valence-electron chi connectivity index (χ0n) is 19.2. The van der Waals surface area contributed by atoms with Crippen LogP contribution in [0.3, 0.4) is 0 Å². The lowest BCUT2D eigenvalue weighted by molar-refractivity contribution is 0.324. The van der Waals surface area contributed by atoms with E-state index < -0.39 is 0 Å². The van der Waals surface area contributed by atoms with Crippen molar-refractivity contribution < 1.29 is 14.2 Å². The molecule has 0 radical (unpaired) electrons. The average Bonchev–Trinajstić information content (AvgIpc) is 3.50. The van der Waals surface area contributed by atoms with E-state index in [0.29, 0.717) is 17.2 Å². The number of nitrogens with one attached hydrogen (secondary N) is 2. The van der Waals surface area contributed by atoms with Crippen LogP contribution < -0.4 is 19.5 Å². The summed E-state index contributed by atoms with van der Waals surface area (Å²) in [7, 11) is 4.78. The fourth-order valence-corrected chi connectivity index (χ4v) is 3.99. The van der Waals surface area contributed by atoms with Gasteiger partial charge in [-0.25, -0.2) is 4.98 Å². The molecule has 0 spiro atoms. The number of H-pyrrole nitrogens is 1. The van der Waals surface area contributed by atoms with Gasteiger partial charge in [0.2, 0.25) is 5.75 Å². The zero-order chi connectivity index (χ0) is 23.5. The highest BCUT2D eigenvalue weighted by atomic mass is 16.5. The van der Waals surface area contributed by atoms with Crippen LogP contribution in [0.25, 0.3) is 22.2 Å². The lowest BCUT2D eigenvalue weighted by Gasteiger charge is -2.15. The van der Waals surface area contributed by atoms with Gasteiger partial charge in [0.25, 0.3) is 0 Å². The Morgan fingerprint density at radius 2 is 1.68 bits per heavy atom. The van der Waals surface area contributed by atoms with E-state index in [1.807, 2.05) is 47.4 Å². The topological polar surface area (TPSA) is 86.2 Å². The van der Waals surface area contributed by atoms with Gasteiger partial charge in [-0.15, -0.1) is 0 Å². The van der Waals surface area contributed by atoms with E-state index in [-0.39, 0.29) is 0 Å². The molecule has 0 aliphatic carbocycles. The summed E-state index contributed by atoms with van der Waals surface area (Å²) in [6, 6.07) is 16.1. The van der Waals surface area contributed by atoms with E-state index in [0.717, 1.165) is 40.1 Å². The highest BCUT2D eigenvalue weighted by Gasteiger charge is 2.15. The third kappa shape index (κ3) is 4.13. The molecule has 34 heavy (non-hydrogen) atoms. The maximum atomic E-state index is 5.46. The maximum absolute atomic E-state index is 5.46. The zero-order valence-corrected chi connectivity index (χ0v) is 19.2. The van der Waals surface area contributed by atoms with Gasteiger partial charge in [-0.3, -0.25) is 4.68 Å². The molecule has 8 nitrogen and oxygen atoms in total. The fraction of sp³-hybridized carbons (Fsp3) is 0.154. The number of rotatable bonds is 8. The highest BCUT2D eigenvalue weighted by Crippen LogP contribution is 2.41. The molecule has 0 saturated carbocycles. The van der Waals surface area contributed by atoms with Crippen molar-refractivity contribution in [3.8, 4) is 28.4 Å². The number of pyridine rings is 1. The molecule has 2 N–H and O–H groups in total. The van der Waals surface area contributed by atoms with E-state index in [4.69, 9.17) is 14.2 Å². The minimum atomic E-state index is 0.546. The minimum Gasteiger partial charge on any atom is -0.493 e. The van der Waals surface area contributed by atoms with Gasteiger partial charge >= 0.3 is 0 Å². The molecule has 0 atom stereocenters. The van der Waals surface area contributed by atoms with Gasteiger partial charge in [0.05, 0.1) is 46.0 Å². The summed E-state index contributed by atoms with van der Waals surface area (Å²) in [4.78, 5) is 7.84. The van der Waals surface area contributed by atoms with E-state index in [2.05, 4.69) is 44.8 Å². The van der Waals surface area contributed by atoms with Gasteiger partial charge in [-0.1, -0.05) is 30.3 Å². The van der Waals surface area contributed by atoms with Gasteiger partial charge < -0.3 is 24.5 Å². The quantitative estimate of drug-likeness (QED) is 0.333. The predicted molar refractivity (Wildman–Crippen MR) is 132 cm³/mol. The standard InChI is InChI=1S/C26H25N5O3/c1-32-23-10-19(11-24(33-2)25(23)34-3)30-20-9-21-22(14-28-26(21)27-13-20)18-12-29-31(16-18)15-17-7-5-4-6-8-17/h4-14,16,30H,15H2,1-3H3,(H,27,28). The molecule has 0 bridgehead atoms. The number of aromatic amines is 1. The smallest absolute Gasteiger partial charge is 0.203 e. The maximum Gasteiger partial charge on any atom is 0.203 e. The van der Waals surface area contributed by atoms with Gasteiger partial charge in [0, 0.05) is 46.7 Å². The Balaban J connectivity index is 1.44. The third-order valence-corrected chi connectivity index (χ3v) is 5.62.